The summed E-state index contributed by atoms with van der Waals surface area (Å²) in [4.78, 5) is 13.6. The van der Waals surface area contributed by atoms with E-state index in [1.54, 1.807) is 25.9 Å². The second-order valence-corrected chi connectivity index (χ2v) is 7.60. The van der Waals surface area contributed by atoms with Gasteiger partial charge in [-0.05, 0) is 39.0 Å². The average Bonchev–Trinajstić information content (AvgIpc) is 2.57. The monoisotopic (exact) mass is 353 g/mol. The predicted molar refractivity (Wildman–Crippen MR) is 109 cm³/mol. The second-order valence-electron chi connectivity index (χ2n) is 7.60. The van der Waals surface area contributed by atoms with Gasteiger partial charge in [0.1, 0.15) is 0 Å². The van der Waals surface area contributed by atoms with Gasteiger partial charge in [0.05, 0.1) is 12.0 Å². The number of unbranched alkanes of at least 4 members (excludes halogenated alkanes) is 10. The van der Waals surface area contributed by atoms with E-state index < -0.39 is 6.10 Å². The molecule has 1 N–H and O–H groups in total. The third-order valence-corrected chi connectivity index (χ3v) is 4.87. The van der Waals surface area contributed by atoms with Crippen molar-refractivity contribution in [3.8, 4) is 0 Å². The topological polar surface area (TPSA) is 40.5 Å². The fraction of sp³-hybridized carbons (Fsp3) is 0.864. The third kappa shape index (κ3) is 14.1. The number of aliphatic hydroxyl groups excluding tert-OH is 1. The molecule has 0 rings (SSSR count). The highest BCUT2D eigenvalue weighted by atomic mass is 16.3. The number of hydrogen-bond donors (Lipinski definition) is 1. The van der Waals surface area contributed by atoms with Crippen molar-refractivity contribution < 1.29 is 9.90 Å². The summed E-state index contributed by atoms with van der Waals surface area (Å²) in [6.45, 7) is 3.98. The lowest BCUT2D eigenvalue weighted by Gasteiger charge is -2.22. The molecule has 0 saturated carbocycles. The number of rotatable bonds is 16. The number of hydrogen-bond acceptors (Lipinski definition) is 2. The van der Waals surface area contributed by atoms with Crippen LogP contribution in [0.2, 0.25) is 0 Å². The Morgan fingerprint density at radius 1 is 0.880 bits per heavy atom. The molecule has 0 aliphatic heterocycles. The van der Waals surface area contributed by atoms with Gasteiger partial charge in [0.2, 0.25) is 5.91 Å². The van der Waals surface area contributed by atoms with Gasteiger partial charge in [-0.3, -0.25) is 4.79 Å². The van der Waals surface area contributed by atoms with Crippen LogP contribution in [-0.4, -0.2) is 36.1 Å². The molecule has 2 atom stereocenters. The van der Waals surface area contributed by atoms with Crippen LogP contribution in [0.5, 0.6) is 0 Å². The molecule has 25 heavy (non-hydrogen) atoms. The Hall–Kier alpha value is -0.830. The molecule has 1 amide bonds. The molecule has 0 aliphatic rings. The lowest BCUT2D eigenvalue weighted by Crippen LogP contribution is -2.35. The van der Waals surface area contributed by atoms with E-state index in [0.717, 1.165) is 19.3 Å². The van der Waals surface area contributed by atoms with E-state index in [0.29, 0.717) is 0 Å². The van der Waals surface area contributed by atoms with E-state index in [2.05, 4.69) is 19.1 Å². The normalized spacial score (nSPS) is 14.0. The summed E-state index contributed by atoms with van der Waals surface area (Å²) in [5.41, 5.74) is 0. The molecule has 148 valence electrons. The minimum atomic E-state index is -0.556. The molecular weight excluding hydrogens is 310 g/mol. The molecule has 0 saturated heterocycles. The first kappa shape index (κ1) is 24.2. The molecule has 3 heteroatoms. The molecule has 0 aromatic rings. The first-order valence-corrected chi connectivity index (χ1v) is 10.5. The quantitative estimate of drug-likeness (QED) is 0.285. The Morgan fingerprint density at radius 3 is 1.84 bits per heavy atom. The van der Waals surface area contributed by atoms with Gasteiger partial charge in [0.25, 0.3) is 0 Å². The van der Waals surface area contributed by atoms with Crippen LogP contribution in [-0.2, 0) is 4.79 Å². The van der Waals surface area contributed by atoms with Gasteiger partial charge in [-0.1, -0.05) is 70.4 Å². The van der Waals surface area contributed by atoms with Gasteiger partial charge in [-0.25, -0.2) is 0 Å². The maximum atomic E-state index is 12.0. The van der Waals surface area contributed by atoms with Crippen molar-refractivity contribution in [3.05, 3.63) is 12.2 Å². The van der Waals surface area contributed by atoms with E-state index >= 15 is 0 Å². The molecule has 0 aromatic heterocycles. The maximum Gasteiger partial charge on any atom is 0.227 e. The van der Waals surface area contributed by atoms with Crippen LogP contribution in [0.15, 0.2) is 12.2 Å². The molecule has 0 heterocycles. The molecule has 0 fully saturated rings. The molecule has 0 radical (unpaired) electrons. The molecule has 0 spiro atoms. The van der Waals surface area contributed by atoms with Crippen molar-refractivity contribution in [3.63, 3.8) is 0 Å². The number of carbonyl (C=O) groups is 1. The average molecular weight is 354 g/mol. The van der Waals surface area contributed by atoms with E-state index in [-0.39, 0.29) is 11.8 Å². The minimum absolute atomic E-state index is 0.0487. The van der Waals surface area contributed by atoms with Crippen molar-refractivity contribution in [2.75, 3.05) is 14.1 Å². The number of amides is 1. The minimum Gasteiger partial charge on any atom is -0.393 e. The van der Waals surface area contributed by atoms with Crippen LogP contribution in [0.25, 0.3) is 0 Å². The van der Waals surface area contributed by atoms with Gasteiger partial charge in [-0.15, -0.1) is 0 Å². The van der Waals surface area contributed by atoms with E-state index in [9.17, 15) is 9.90 Å². The Kier molecular flexibility index (Phi) is 16.1. The zero-order valence-electron chi connectivity index (χ0n) is 17.3. The highest BCUT2D eigenvalue weighted by Gasteiger charge is 2.24. The van der Waals surface area contributed by atoms with Gasteiger partial charge >= 0.3 is 0 Å². The SMILES string of the molecule is CCCCCCCC/C=C\CCCCCCC(C(=O)N(C)C)C(C)O. The van der Waals surface area contributed by atoms with Gasteiger partial charge < -0.3 is 10.0 Å². The van der Waals surface area contributed by atoms with Crippen molar-refractivity contribution >= 4 is 5.91 Å². The highest BCUT2D eigenvalue weighted by Crippen LogP contribution is 2.17. The number of nitrogens with zero attached hydrogens (tertiary/aromatic N) is 1. The van der Waals surface area contributed by atoms with E-state index in [1.807, 2.05) is 0 Å². The first-order chi connectivity index (χ1) is 12.0. The first-order valence-electron chi connectivity index (χ1n) is 10.5. The molecular formula is C22H43NO2. The summed E-state index contributed by atoms with van der Waals surface area (Å²) in [7, 11) is 3.52. The summed E-state index contributed by atoms with van der Waals surface area (Å²) < 4.78 is 0. The summed E-state index contributed by atoms with van der Waals surface area (Å²) in [5, 5.41) is 9.78. The summed E-state index contributed by atoms with van der Waals surface area (Å²) in [5.74, 6) is -0.195. The molecule has 3 nitrogen and oxygen atoms in total. The van der Waals surface area contributed by atoms with Crippen molar-refractivity contribution in [1.82, 2.24) is 4.90 Å². The summed E-state index contributed by atoms with van der Waals surface area (Å²) in [6, 6.07) is 0. The molecule has 0 aliphatic carbocycles. The predicted octanol–water partition coefficient (Wildman–Crippen LogP) is 5.72. The smallest absolute Gasteiger partial charge is 0.227 e. The number of aliphatic hydroxyl groups is 1. The standard InChI is InChI=1S/C22H43NO2/c1-5-6-7-8-9-10-11-12-13-14-15-16-17-18-19-21(20(2)24)22(25)23(3)4/h12-13,20-21,24H,5-11,14-19H2,1-4H3/b13-12-. The zero-order chi connectivity index (χ0) is 18.9. The zero-order valence-corrected chi connectivity index (χ0v) is 17.3. The lowest BCUT2D eigenvalue weighted by molar-refractivity contribution is -0.136. The molecule has 0 bridgehead atoms. The van der Waals surface area contributed by atoms with Crippen LogP contribution in [0, 0.1) is 5.92 Å². The number of carbonyl (C=O) groups excluding carboxylic acids is 1. The van der Waals surface area contributed by atoms with Crippen molar-refractivity contribution in [2.45, 2.75) is 103 Å². The Labute approximate surface area is 156 Å². The van der Waals surface area contributed by atoms with Gasteiger partial charge in [0, 0.05) is 14.1 Å². The van der Waals surface area contributed by atoms with Crippen LogP contribution >= 0.6 is 0 Å². The van der Waals surface area contributed by atoms with Crippen molar-refractivity contribution in [2.24, 2.45) is 5.92 Å². The Balaban J connectivity index is 3.53. The van der Waals surface area contributed by atoms with Gasteiger partial charge in [0.15, 0.2) is 0 Å². The van der Waals surface area contributed by atoms with Crippen molar-refractivity contribution in [1.29, 1.82) is 0 Å². The largest absolute Gasteiger partial charge is 0.393 e. The fourth-order valence-electron chi connectivity index (χ4n) is 3.16. The van der Waals surface area contributed by atoms with E-state index in [4.69, 9.17) is 0 Å². The lowest BCUT2D eigenvalue weighted by atomic mass is 9.94. The molecule has 0 aromatic carbocycles. The van der Waals surface area contributed by atoms with Crippen LogP contribution in [0.3, 0.4) is 0 Å². The van der Waals surface area contributed by atoms with Crippen LogP contribution in [0.1, 0.15) is 97.3 Å². The second kappa shape index (κ2) is 16.6. The summed E-state index contributed by atoms with van der Waals surface area (Å²) >= 11 is 0. The highest BCUT2D eigenvalue weighted by molar-refractivity contribution is 5.78. The number of allylic oxidation sites excluding steroid dienone is 2. The summed E-state index contributed by atoms with van der Waals surface area (Å²) in [6.07, 6.45) is 20.2. The third-order valence-electron chi connectivity index (χ3n) is 4.87. The maximum absolute atomic E-state index is 12.0. The Morgan fingerprint density at radius 2 is 1.36 bits per heavy atom. The van der Waals surface area contributed by atoms with E-state index in [1.165, 1.54) is 64.2 Å². The van der Waals surface area contributed by atoms with Gasteiger partial charge in [-0.2, -0.15) is 0 Å². The molecule has 2 unspecified atom stereocenters. The fourth-order valence-corrected chi connectivity index (χ4v) is 3.16. The van der Waals surface area contributed by atoms with Crippen LogP contribution in [0.4, 0.5) is 0 Å². The van der Waals surface area contributed by atoms with Crippen LogP contribution < -0.4 is 0 Å². The Bertz CT molecular complexity index is 337.